The van der Waals surface area contributed by atoms with Crippen molar-refractivity contribution < 1.29 is 91.7 Å². The molecule has 6 aliphatic rings. The van der Waals surface area contributed by atoms with Crippen molar-refractivity contribution in [1.82, 2.24) is 25.3 Å². The first kappa shape index (κ1) is 65.9. The first-order valence-electron chi connectivity index (χ1n) is 29.9. The molecular formula is C62H77N7O19S. The van der Waals surface area contributed by atoms with Gasteiger partial charge in [-0.1, -0.05) is 44.5 Å². The van der Waals surface area contributed by atoms with Gasteiger partial charge in [-0.05, 0) is 68.5 Å². The van der Waals surface area contributed by atoms with Gasteiger partial charge in [0.15, 0.2) is 36.6 Å². The van der Waals surface area contributed by atoms with Gasteiger partial charge in [0.05, 0.1) is 47.3 Å². The number of hydrogen-bond acceptors (Lipinski definition) is 21. The molecule has 1 unspecified atom stereocenters. The molecule has 27 heteroatoms. The molecule has 0 aromatic heterocycles. The normalized spacial score (nSPS) is 25.3. The number of Topliss-reactive ketones (excluding diaryl/α,β-unsaturated/α-hetero) is 1. The van der Waals surface area contributed by atoms with E-state index in [1.807, 2.05) is 4.90 Å². The molecule has 11 atom stereocenters. The van der Waals surface area contributed by atoms with Crippen molar-refractivity contribution >= 4 is 76.8 Å². The van der Waals surface area contributed by atoms with E-state index in [1.165, 1.54) is 54.0 Å². The smallest absolute Gasteiger partial charge is 0.412 e. The van der Waals surface area contributed by atoms with Crippen LogP contribution < -0.4 is 26.4 Å². The SMILES string of the molecule is COc1cccc2c1C(=O)c1c(O)c3c(c(O)c1C2=O)C[C@@](O)(C=O)C[C@@H]3O[C@H]1C[C@H]2[C@H](O[C@@H]3[C@@H](OC)N(C(=O)OCc4ccc(NC(=O)[C@@H](CCCNC(N)=O)CC(=O)[C@H](NC(=O)CCCCCN5C(=O)CC(SC)C5=O)C(C)C)cc4)CCN32)[C@H](C)O1. The number of imide groups is 1. The zero-order chi connectivity index (χ0) is 64.2. The van der Waals surface area contributed by atoms with Gasteiger partial charge < -0.3 is 70.2 Å². The molecule has 0 spiro atoms. The van der Waals surface area contributed by atoms with E-state index in [4.69, 9.17) is 34.2 Å². The van der Waals surface area contributed by atoms with Crippen LogP contribution in [0.1, 0.15) is 140 Å². The number of primary amides is 1. The largest absolute Gasteiger partial charge is 0.507 e. The Hall–Kier alpha value is -7.53. The van der Waals surface area contributed by atoms with Gasteiger partial charge in [-0.15, -0.1) is 0 Å². The minimum Gasteiger partial charge on any atom is -0.507 e. The number of phenolic OH excluding ortho intramolecular Hbond substituents is 2. The van der Waals surface area contributed by atoms with Crippen LogP contribution in [0.15, 0.2) is 42.5 Å². The number of nitrogens with two attached hydrogens (primary N) is 1. The van der Waals surface area contributed by atoms with Crippen LogP contribution in [0.2, 0.25) is 0 Å². The highest BCUT2D eigenvalue weighted by atomic mass is 32.2. The zero-order valence-electron chi connectivity index (χ0n) is 50.5. The van der Waals surface area contributed by atoms with Gasteiger partial charge in [0.25, 0.3) is 0 Å². The summed E-state index contributed by atoms with van der Waals surface area (Å²) in [5.74, 6) is -5.50. The quantitative estimate of drug-likeness (QED) is 0.0212. The number of thioether (sulfide) groups is 1. The summed E-state index contributed by atoms with van der Waals surface area (Å²) in [7, 11) is 2.76. The van der Waals surface area contributed by atoms with Crippen molar-refractivity contribution in [3.8, 4) is 17.2 Å². The topological polar surface area (TPSA) is 359 Å². The molecule has 4 aliphatic heterocycles. The Kier molecular flexibility index (Phi) is 20.8. The van der Waals surface area contributed by atoms with Crippen molar-refractivity contribution in [3.05, 3.63) is 81.4 Å². The van der Waals surface area contributed by atoms with Crippen LogP contribution in [0.5, 0.6) is 17.2 Å². The van der Waals surface area contributed by atoms with E-state index in [9.17, 15) is 63.3 Å². The standard InChI is InChI=1S/C62H77N7O19S/c1-31(2)50(66-43(72)15-8-7-9-21-68-44(73)26-42(89-6)57(68)79)39(71)24-34(12-11-20-64-60(63)80)56(78)65-35-18-16-33(17-19-35)29-85-61(81)69-23-22-67-38-25-45(86-32(3)55(38)88-59(67)58(69)84-5)87-41-28-62(82,30-70)27-37-47(41)54(77)49-48(52(37)75)51(74)36-13-10-14-40(83-4)46(36)53(49)76/h10,13-14,16-19,30-32,34,38,41-42,45,50,55,58-59,75,77,82H,7-9,11-12,15,20-29H2,1-6H3,(H,65,78)(H,66,72)(H3,63,64,80)/t32-,34-,38-,41-,42?,45-,50+,55+,58+,59+,62-/m0/s1. The lowest BCUT2D eigenvalue weighted by atomic mass is 9.73. The van der Waals surface area contributed by atoms with E-state index in [0.717, 1.165) is 0 Å². The fraction of sp³-hybridized carbons (Fsp3) is 0.548. The Morgan fingerprint density at radius 1 is 0.933 bits per heavy atom. The predicted molar refractivity (Wildman–Crippen MR) is 317 cm³/mol. The molecule has 4 heterocycles. The fourth-order valence-corrected chi connectivity index (χ4v) is 13.6. The van der Waals surface area contributed by atoms with Gasteiger partial charge in [0.1, 0.15) is 35.6 Å². The molecule has 9 rings (SSSR count). The molecule has 89 heavy (non-hydrogen) atoms. The number of ketones is 3. The number of phenols is 2. The number of rotatable bonds is 25. The number of unbranched alkanes of at least 4 members (excludes halogenated alkanes) is 2. The maximum Gasteiger partial charge on any atom is 0.412 e. The Morgan fingerprint density at radius 3 is 2.35 bits per heavy atom. The second-order valence-electron chi connectivity index (χ2n) is 23.7. The molecule has 8 N–H and O–H groups in total. The number of hydrogen-bond donors (Lipinski definition) is 7. The maximum absolute atomic E-state index is 14.1. The predicted octanol–water partition coefficient (Wildman–Crippen LogP) is 4.13. The van der Waals surface area contributed by atoms with E-state index in [0.29, 0.717) is 49.8 Å². The number of nitrogens with zero attached hydrogens (tertiary/aromatic N) is 3. The molecule has 0 radical (unpaired) electrons. The molecule has 4 saturated heterocycles. The molecule has 7 amide bonds. The summed E-state index contributed by atoms with van der Waals surface area (Å²) < 4.78 is 36.5. The number of carbonyl (C=O) groups excluding carboxylic acids is 10. The van der Waals surface area contributed by atoms with Gasteiger partial charge in [0, 0.05) is 106 Å². The number of aldehydes is 1. The van der Waals surface area contributed by atoms with Crippen LogP contribution >= 0.6 is 11.8 Å². The summed E-state index contributed by atoms with van der Waals surface area (Å²) in [5, 5.41) is 43.1. The van der Waals surface area contributed by atoms with Crippen molar-refractivity contribution in [2.45, 2.75) is 158 Å². The number of aromatic hydroxyl groups is 2. The van der Waals surface area contributed by atoms with E-state index in [2.05, 4.69) is 16.0 Å². The second kappa shape index (κ2) is 28.1. The molecule has 0 saturated carbocycles. The van der Waals surface area contributed by atoms with Crippen molar-refractivity contribution in [2.24, 2.45) is 17.6 Å². The minimum atomic E-state index is -2.11. The number of carbonyl (C=O) groups is 10. The molecule has 480 valence electrons. The Labute approximate surface area is 518 Å². The van der Waals surface area contributed by atoms with Crippen molar-refractivity contribution in [1.29, 1.82) is 0 Å². The molecule has 0 bridgehead atoms. The highest BCUT2D eigenvalue weighted by Gasteiger charge is 2.56. The lowest BCUT2D eigenvalue weighted by molar-refractivity contribution is -0.248. The maximum atomic E-state index is 14.1. The lowest BCUT2D eigenvalue weighted by Crippen LogP contribution is -2.62. The average molecular weight is 1260 g/mol. The molecule has 4 fully saturated rings. The van der Waals surface area contributed by atoms with Crippen LogP contribution in [0.3, 0.4) is 0 Å². The molecule has 3 aromatic carbocycles. The third-order valence-electron chi connectivity index (χ3n) is 17.5. The monoisotopic (exact) mass is 1260 g/mol. The van der Waals surface area contributed by atoms with Crippen molar-refractivity contribution in [3.63, 3.8) is 0 Å². The average Bonchev–Trinajstić information content (AvgIpc) is 1.34. The van der Waals surface area contributed by atoms with Gasteiger partial charge in [-0.3, -0.25) is 48.3 Å². The summed E-state index contributed by atoms with van der Waals surface area (Å²) in [6.07, 6.45) is -2.48. The van der Waals surface area contributed by atoms with E-state index in [-0.39, 0.29) is 127 Å². The van der Waals surface area contributed by atoms with Gasteiger partial charge in [-0.25, -0.2) is 9.59 Å². The minimum absolute atomic E-state index is 0.0578. The third-order valence-corrected chi connectivity index (χ3v) is 18.4. The first-order chi connectivity index (χ1) is 42.5. The Bertz CT molecular complexity index is 3260. The molecule has 26 nitrogen and oxygen atoms in total. The number of likely N-dealkylation sites (tertiary alicyclic amines) is 1. The summed E-state index contributed by atoms with van der Waals surface area (Å²) >= 11 is 1.35. The van der Waals surface area contributed by atoms with Crippen molar-refractivity contribution in [2.75, 3.05) is 52.0 Å². The Morgan fingerprint density at radius 2 is 1.67 bits per heavy atom. The highest BCUT2D eigenvalue weighted by Crippen LogP contribution is 2.53. The number of anilines is 1. The van der Waals surface area contributed by atoms with Crippen LogP contribution in [0.4, 0.5) is 15.3 Å². The van der Waals surface area contributed by atoms with E-state index in [1.54, 1.807) is 51.3 Å². The Balaban J connectivity index is 0.787. The number of methoxy groups -OCH3 is 2. The highest BCUT2D eigenvalue weighted by molar-refractivity contribution is 8.00. The number of amides is 7. The molecule has 3 aromatic rings. The summed E-state index contributed by atoms with van der Waals surface area (Å²) in [4.78, 5) is 136. The number of urea groups is 1. The second-order valence-corrected chi connectivity index (χ2v) is 24.7. The molecule has 2 aliphatic carbocycles. The number of fused-ring (bicyclic) bond motifs is 6. The number of ether oxygens (including phenoxy) is 6. The zero-order valence-corrected chi connectivity index (χ0v) is 51.3. The third kappa shape index (κ3) is 13.9. The van der Waals surface area contributed by atoms with Gasteiger partial charge >= 0.3 is 12.1 Å². The summed E-state index contributed by atoms with van der Waals surface area (Å²) in [5.41, 5.74) is 2.79. The number of aliphatic hydroxyl groups is 1. The van der Waals surface area contributed by atoms with Gasteiger partial charge in [0.2, 0.25) is 29.4 Å². The van der Waals surface area contributed by atoms with E-state index >= 15 is 0 Å². The van der Waals surface area contributed by atoms with Gasteiger partial charge in [-0.2, -0.15) is 11.8 Å². The van der Waals surface area contributed by atoms with E-state index < -0.39 is 120 Å². The van der Waals surface area contributed by atoms with Crippen LogP contribution in [-0.4, -0.2) is 190 Å². The van der Waals surface area contributed by atoms with Crippen LogP contribution in [0, 0.1) is 11.8 Å². The molecular weight excluding hydrogens is 1180 g/mol. The number of nitrogens with one attached hydrogen (secondary N) is 3. The van der Waals surface area contributed by atoms with Crippen LogP contribution in [0.25, 0.3) is 0 Å². The summed E-state index contributed by atoms with van der Waals surface area (Å²) in [6.45, 7) is 6.07. The summed E-state index contributed by atoms with van der Waals surface area (Å²) in [6, 6.07) is 8.94. The number of piperazine rings is 1. The fourth-order valence-electron chi connectivity index (χ4n) is 12.9. The van der Waals surface area contributed by atoms with Crippen LogP contribution in [-0.2, 0) is 65.5 Å². The lowest BCUT2D eigenvalue weighted by Gasteiger charge is -2.44. The number of benzene rings is 3. The first-order valence-corrected chi connectivity index (χ1v) is 31.2.